The minimum absolute atomic E-state index is 0.0700. The molecule has 1 aromatic heterocycles. The molecule has 4 rings (SSSR count). The molecule has 9 heteroatoms. The summed E-state index contributed by atoms with van der Waals surface area (Å²) < 4.78 is 11.9. The van der Waals surface area contributed by atoms with Crippen LogP contribution in [-0.4, -0.2) is 40.8 Å². The van der Waals surface area contributed by atoms with Crippen molar-refractivity contribution in [2.45, 2.75) is 47.1 Å². The molecule has 8 nitrogen and oxygen atoms in total. The van der Waals surface area contributed by atoms with E-state index in [-0.39, 0.29) is 22.2 Å². The van der Waals surface area contributed by atoms with Gasteiger partial charge in [-0.3, -0.25) is 19.3 Å². The van der Waals surface area contributed by atoms with Crippen molar-refractivity contribution in [3.63, 3.8) is 0 Å². The second kappa shape index (κ2) is 11.8. The number of ether oxygens (including phenoxy) is 2. The van der Waals surface area contributed by atoms with E-state index in [1.807, 2.05) is 6.92 Å². The number of carbonyl (C=O) groups excluding carboxylic acids is 3. The van der Waals surface area contributed by atoms with Crippen LogP contribution in [0.5, 0.6) is 11.5 Å². The maximum atomic E-state index is 13.5. The van der Waals surface area contributed by atoms with Gasteiger partial charge < -0.3 is 14.6 Å². The topological polar surface area (TPSA) is 106 Å². The summed E-state index contributed by atoms with van der Waals surface area (Å²) >= 11 is 1.04. The lowest BCUT2D eigenvalue weighted by molar-refractivity contribution is -0.132. The number of anilines is 1. The maximum absolute atomic E-state index is 13.5. The van der Waals surface area contributed by atoms with E-state index in [2.05, 4.69) is 18.8 Å². The van der Waals surface area contributed by atoms with E-state index < -0.39 is 17.7 Å². The van der Waals surface area contributed by atoms with E-state index in [0.29, 0.717) is 52.3 Å². The molecule has 39 heavy (non-hydrogen) atoms. The monoisotopic (exact) mass is 548 g/mol. The molecular formula is C30H32N2O6S. The SMILES string of the molecule is CCOc1cc(C2/C(=C(\O)c3ccccc3)C(=O)C(=O)N2c2nc(C)c(C(C)=O)s2)ccc1OCCC(C)C. The van der Waals surface area contributed by atoms with Crippen molar-refractivity contribution in [2.24, 2.45) is 5.92 Å². The lowest BCUT2D eigenvalue weighted by atomic mass is 9.95. The fourth-order valence-electron chi connectivity index (χ4n) is 4.40. The van der Waals surface area contributed by atoms with Crippen LogP contribution in [0.2, 0.25) is 0 Å². The number of Topliss-reactive ketones (excluding diaryl/α,β-unsaturated/α-hetero) is 2. The van der Waals surface area contributed by atoms with E-state index in [4.69, 9.17) is 9.47 Å². The molecule has 1 fully saturated rings. The predicted octanol–water partition coefficient (Wildman–Crippen LogP) is 6.10. The molecule has 2 aromatic carbocycles. The second-order valence-corrected chi connectivity index (χ2v) is 10.6. The first-order valence-electron chi connectivity index (χ1n) is 12.9. The molecule has 2 heterocycles. The van der Waals surface area contributed by atoms with Crippen molar-refractivity contribution in [3.05, 3.63) is 75.8 Å². The zero-order valence-electron chi connectivity index (χ0n) is 22.7. The van der Waals surface area contributed by atoms with Crippen LogP contribution in [0.4, 0.5) is 5.13 Å². The Kier molecular flexibility index (Phi) is 8.50. The lowest BCUT2D eigenvalue weighted by Crippen LogP contribution is -2.29. The number of carbonyl (C=O) groups is 3. The third kappa shape index (κ3) is 5.73. The van der Waals surface area contributed by atoms with E-state index in [9.17, 15) is 19.5 Å². The molecular weight excluding hydrogens is 516 g/mol. The fraction of sp³-hybridized carbons (Fsp3) is 0.333. The molecule has 0 aliphatic carbocycles. The Labute approximate surface area is 231 Å². The number of hydrogen-bond donors (Lipinski definition) is 1. The molecule has 0 saturated carbocycles. The number of aryl methyl sites for hydroxylation is 1. The number of ketones is 2. The zero-order chi connectivity index (χ0) is 28.3. The van der Waals surface area contributed by atoms with Crippen molar-refractivity contribution in [1.82, 2.24) is 4.98 Å². The van der Waals surface area contributed by atoms with Gasteiger partial charge in [0.1, 0.15) is 5.76 Å². The molecule has 1 aliphatic heterocycles. The number of amides is 1. The van der Waals surface area contributed by atoms with Gasteiger partial charge in [-0.25, -0.2) is 4.98 Å². The summed E-state index contributed by atoms with van der Waals surface area (Å²) in [7, 11) is 0. The number of hydrogen-bond acceptors (Lipinski definition) is 8. The maximum Gasteiger partial charge on any atom is 0.301 e. The van der Waals surface area contributed by atoms with E-state index in [0.717, 1.165) is 17.8 Å². The van der Waals surface area contributed by atoms with Crippen LogP contribution < -0.4 is 14.4 Å². The van der Waals surface area contributed by atoms with E-state index in [1.165, 1.54) is 11.8 Å². The van der Waals surface area contributed by atoms with Gasteiger partial charge in [-0.15, -0.1) is 0 Å². The van der Waals surface area contributed by atoms with Gasteiger partial charge in [0.25, 0.3) is 5.78 Å². The Balaban J connectivity index is 1.89. The highest BCUT2D eigenvalue weighted by atomic mass is 32.1. The molecule has 3 aromatic rings. The van der Waals surface area contributed by atoms with E-state index in [1.54, 1.807) is 55.5 Å². The second-order valence-electron chi connectivity index (χ2n) is 9.67. The summed E-state index contributed by atoms with van der Waals surface area (Å²) in [6, 6.07) is 12.8. The van der Waals surface area contributed by atoms with Gasteiger partial charge in [-0.05, 0) is 43.9 Å². The number of nitrogens with zero attached hydrogens (tertiary/aromatic N) is 2. The lowest BCUT2D eigenvalue weighted by Gasteiger charge is -2.24. The third-order valence-electron chi connectivity index (χ3n) is 6.34. The van der Waals surface area contributed by atoms with Crippen molar-refractivity contribution in [2.75, 3.05) is 18.1 Å². The molecule has 1 saturated heterocycles. The van der Waals surface area contributed by atoms with Gasteiger partial charge in [0.15, 0.2) is 22.4 Å². The van der Waals surface area contributed by atoms with Crippen LogP contribution in [0, 0.1) is 12.8 Å². The summed E-state index contributed by atoms with van der Waals surface area (Å²) in [5.74, 6) is -0.675. The van der Waals surface area contributed by atoms with Crippen molar-refractivity contribution >= 4 is 39.7 Å². The number of aromatic nitrogens is 1. The Bertz CT molecular complexity index is 1430. The summed E-state index contributed by atoms with van der Waals surface area (Å²) in [5, 5.41) is 11.5. The molecule has 0 bridgehead atoms. The van der Waals surface area contributed by atoms with Crippen LogP contribution in [0.1, 0.15) is 66.7 Å². The smallest absolute Gasteiger partial charge is 0.301 e. The molecule has 1 atom stereocenters. The Morgan fingerprint density at radius 1 is 1.10 bits per heavy atom. The zero-order valence-corrected chi connectivity index (χ0v) is 23.5. The normalized spacial score (nSPS) is 16.7. The van der Waals surface area contributed by atoms with Gasteiger partial charge in [-0.1, -0.05) is 61.6 Å². The first kappa shape index (κ1) is 28.0. The quantitative estimate of drug-likeness (QED) is 0.141. The molecule has 204 valence electrons. The highest BCUT2D eigenvalue weighted by Gasteiger charge is 2.48. The van der Waals surface area contributed by atoms with Crippen LogP contribution in [0.3, 0.4) is 0 Å². The summed E-state index contributed by atoms with van der Waals surface area (Å²) in [6.45, 7) is 10.1. The summed E-state index contributed by atoms with van der Waals surface area (Å²) in [5.41, 5.74) is 1.33. The number of aliphatic hydroxyl groups is 1. The van der Waals surface area contributed by atoms with Crippen LogP contribution in [-0.2, 0) is 9.59 Å². The molecule has 0 radical (unpaired) electrons. The number of aliphatic hydroxyl groups excluding tert-OH is 1. The van der Waals surface area contributed by atoms with Gasteiger partial charge in [0, 0.05) is 12.5 Å². The molecule has 1 amide bonds. The average molecular weight is 549 g/mol. The van der Waals surface area contributed by atoms with Gasteiger partial charge in [-0.2, -0.15) is 0 Å². The van der Waals surface area contributed by atoms with Gasteiger partial charge in [0.2, 0.25) is 0 Å². The molecule has 1 aliphatic rings. The van der Waals surface area contributed by atoms with E-state index >= 15 is 0 Å². The van der Waals surface area contributed by atoms with Gasteiger partial charge >= 0.3 is 5.91 Å². The Morgan fingerprint density at radius 3 is 2.44 bits per heavy atom. The Hall–Kier alpha value is -3.98. The van der Waals surface area contributed by atoms with Crippen LogP contribution in [0.25, 0.3) is 5.76 Å². The number of benzene rings is 2. The summed E-state index contributed by atoms with van der Waals surface area (Å²) in [6.07, 6.45) is 0.867. The standard InChI is InChI=1S/C30H32N2O6S/c1-6-37-23-16-21(12-13-22(23)38-15-14-17(2)3)25-24(26(34)20-10-8-7-9-11-20)27(35)29(36)32(25)30-31-18(4)28(39-30)19(5)33/h7-13,16-17,25,34H,6,14-15H2,1-5H3/b26-24+. The third-order valence-corrected chi connectivity index (χ3v) is 7.60. The number of rotatable bonds is 10. The fourth-order valence-corrected chi connectivity index (χ4v) is 5.38. The minimum atomic E-state index is -1.00. The summed E-state index contributed by atoms with van der Waals surface area (Å²) in [4.78, 5) is 45.2. The van der Waals surface area contributed by atoms with Gasteiger partial charge in [0.05, 0.1) is 35.4 Å². The highest BCUT2D eigenvalue weighted by Crippen LogP contribution is 2.45. The Morgan fingerprint density at radius 2 is 1.82 bits per heavy atom. The number of thiazole rings is 1. The molecule has 1 unspecified atom stereocenters. The van der Waals surface area contributed by atoms with Crippen molar-refractivity contribution in [1.29, 1.82) is 0 Å². The van der Waals surface area contributed by atoms with Crippen LogP contribution in [0.15, 0.2) is 54.1 Å². The van der Waals surface area contributed by atoms with Crippen molar-refractivity contribution < 1.29 is 29.0 Å². The first-order valence-corrected chi connectivity index (χ1v) is 13.7. The average Bonchev–Trinajstić information content (AvgIpc) is 3.41. The minimum Gasteiger partial charge on any atom is -0.507 e. The molecule has 1 N–H and O–H groups in total. The van der Waals surface area contributed by atoms with Crippen molar-refractivity contribution in [3.8, 4) is 11.5 Å². The predicted molar refractivity (Wildman–Crippen MR) is 151 cm³/mol. The highest BCUT2D eigenvalue weighted by molar-refractivity contribution is 7.18. The molecule has 0 spiro atoms. The first-order chi connectivity index (χ1) is 18.6. The van der Waals surface area contributed by atoms with Crippen LogP contribution >= 0.6 is 11.3 Å². The largest absolute Gasteiger partial charge is 0.507 e.